The van der Waals surface area contributed by atoms with Gasteiger partial charge in [-0.15, -0.1) is 0 Å². The molecule has 0 amide bonds. The highest BCUT2D eigenvalue weighted by Crippen LogP contribution is 2.48. The molecule has 4 heteroatoms. The summed E-state index contributed by atoms with van der Waals surface area (Å²) >= 11 is 0. The van der Waals surface area contributed by atoms with Gasteiger partial charge in [0.2, 0.25) is 0 Å². The molecule has 1 aliphatic carbocycles. The molecule has 3 aliphatic rings. The average molecular weight is 345 g/mol. The Bertz CT molecular complexity index is 552. The van der Waals surface area contributed by atoms with Crippen molar-refractivity contribution < 1.29 is 14.2 Å². The zero-order valence-corrected chi connectivity index (χ0v) is 15.2. The molecular formula is C21H31NO3. The van der Waals surface area contributed by atoms with Crippen molar-refractivity contribution in [1.82, 2.24) is 5.32 Å². The minimum absolute atomic E-state index is 0.103. The van der Waals surface area contributed by atoms with E-state index in [0.717, 1.165) is 64.4 Å². The molecule has 1 N–H and O–H groups in total. The van der Waals surface area contributed by atoms with Crippen LogP contribution >= 0.6 is 0 Å². The third-order valence-electron chi connectivity index (χ3n) is 6.01. The van der Waals surface area contributed by atoms with Crippen LogP contribution in [0.5, 0.6) is 5.75 Å². The highest BCUT2D eigenvalue weighted by molar-refractivity contribution is 5.39. The van der Waals surface area contributed by atoms with Gasteiger partial charge >= 0.3 is 0 Å². The van der Waals surface area contributed by atoms with Crippen LogP contribution in [-0.2, 0) is 9.47 Å². The maximum absolute atomic E-state index is 6.32. The molecule has 1 atom stereocenters. The quantitative estimate of drug-likeness (QED) is 0.762. The van der Waals surface area contributed by atoms with Crippen molar-refractivity contribution in [3.05, 3.63) is 29.8 Å². The number of hydrogen-bond acceptors (Lipinski definition) is 4. The zero-order valence-electron chi connectivity index (χ0n) is 15.2. The van der Waals surface area contributed by atoms with E-state index in [1.54, 1.807) is 0 Å². The van der Waals surface area contributed by atoms with E-state index >= 15 is 0 Å². The monoisotopic (exact) mass is 345 g/mol. The van der Waals surface area contributed by atoms with Gasteiger partial charge in [0.1, 0.15) is 11.4 Å². The summed E-state index contributed by atoms with van der Waals surface area (Å²) < 4.78 is 17.6. The molecule has 138 valence electrons. The lowest BCUT2D eigenvalue weighted by atomic mass is 9.73. The van der Waals surface area contributed by atoms with Gasteiger partial charge in [-0.25, -0.2) is 0 Å². The van der Waals surface area contributed by atoms with Gasteiger partial charge in [-0.2, -0.15) is 0 Å². The van der Waals surface area contributed by atoms with E-state index in [0.29, 0.717) is 12.0 Å². The van der Waals surface area contributed by atoms with Crippen LogP contribution in [-0.4, -0.2) is 38.6 Å². The van der Waals surface area contributed by atoms with E-state index in [9.17, 15) is 0 Å². The third-order valence-corrected chi connectivity index (χ3v) is 6.01. The number of nitrogens with one attached hydrogen (secondary N) is 1. The van der Waals surface area contributed by atoms with E-state index in [4.69, 9.17) is 14.2 Å². The van der Waals surface area contributed by atoms with Crippen molar-refractivity contribution in [3.8, 4) is 5.75 Å². The second-order valence-electron chi connectivity index (χ2n) is 7.87. The summed E-state index contributed by atoms with van der Waals surface area (Å²) in [6.45, 7) is 4.55. The fourth-order valence-corrected chi connectivity index (χ4v) is 4.29. The van der Waals surface area contributed by atoms with E-state index < -0.39 is 0 Å². The van der Waals surface area contributed by atoms with Crippen LogP contribution in [0.2, 0.25) is 0 Å². The maximum atomic E-state index is 6.32. The first-order chi connectivity index (χ1) is 12.3. The Hall–Kier alpha value is -1.10. The second-order valence-corrected chi connectivity index (χ2v) is 7.87. The molecule has 25 heavy (non-hydrogen) atoms. The normalized spacial score (nSPS) is 25.2. The Kier molecular flexibility index (Phi) is 5.59. The van der Waals surface area contributed by atoms with Crippen molar-refractivity contribution in [3.63, 3.8) is 0 Å². The molecule has 1 spiro atoms. The molecule has 0 unspecified atom stereocenters. The molecule has 1 aromatic carbocycles. The topological polar surface area (TPSA) is 39.7 Å². The number of para-hydroxylation sites is 1. The summed E-state index contributed by atoms with van der Waals surface area (Å²) in [5.41, 5.74) is 1.43. The predicted molar refractivity (Wildman–Crippen MR) is 98.0 cm³/mol. The molecule has 2 fully saturated rings. The van der Waals surface area contributed by atoms with Gasteiger partial charge in [0.25, 0.3) is 0 Å². The van der Waals surface area contributed by atoms with Crippen molar-refractivity contribution in [2.24, 2.45) is 5.92 Å². The Morgan fingerprint density at radius 1 is 1.16 bits per heavy atom. The Labute approximate surface area is 151 Å². The smallest absolute Gasteiger partial charge is 0.124 e. The van der Waals surface area contributed by atoms with Crippen LogP contribution in [0.1, 0.15) is 56.6 Å². The molecule has 4 rings (SSSR count). The lowest BCUT2D eigenvalue weighted by Crippen LogP contribution is -2.49. The molecule has 1 saturated heterocycles. The highest BCUT2D eigenvalue weighted by atomic mass is 16.5. The van der Waals surface area contributed by atoms with Crippen molar-refractivity contribution in [2.45, 2.75) is 56.6 Å². The highest BCUT2D eigenvalue weighted by Gasteiger charge is 2.45. The molecule has 1 saturated carbocycles. The molecule has 4 nitrogen and oxygen atoms in total. The fourth-order valence-electron chi connectivity index (χ4n) is 4.29. The molecular weight excluding hydrogens is 314 g/mol. The van der Waals surface area contributed by atoms with Crippen molar-refractivity contribution in [1.29, 1.82) is 0 Å². The summed E-state index contributed by atoms with van der Waals surface area (Å²) in [5.74, 6) is 1.78. The van der Waals surface area contributed by atoms with Crippen LogP contribution in [0.3, 0.4) is 0 Å². The standard InChI is InChI=1S/C21H31NO3/c1-2-6-20-18(5-1)19(15-21(25-20)9-3-10-21)22-11-4-12-24-16-17-7-13-23-14-8-17/h1-2,5-6,17,19,22H,3-4,7-16H2/t19-/m1/s1. The largest absolute Gasteiger partial charge is 0.487 e. The Morgan fingerprint density at radius 3 is 2.80 bits per heavy atom. The Balaban J connectivity index is 1.21. The predicted octanol–water partition coefficient (Wildman–Crippen LogP) is 3.86. The summed E-state index contributed by atoms with van der Waals surface area (Å²) in [6.07, 6.45) is 8.18. The van der Waals surface area contributed by atoms with Crippen molar-refractivity contribution >= 4 is 0 Å². The lowest BCUT2D eigenvalue weighted by Gasteiger charge is -2.48. The van der Waals surface area contributed by atoms with E-state index in [1.165, 1.54) is 24.8 Å². The van der Waals surface area contributed by atoms with Gasteiger partial charge in [0, 0.05) is 44.5 Å². The minimum atomic E-state index is 0.103. The number of fused-ring (bicyclic) bond motifs is 1. The van der Waals surface area contributed by atoms with Gasteiger partial charge in [-0.3, -0.25) is 0 Å². The van der Waals surface area contributed by atoms with Gasteiger partial charge in [0.05, 0.1) is 0 Å². The molecule has 2 aliphatic heterocycles. The summed E-state index contributed by atoms with van der Waals surface area (Å²) in [7, 11) is 0. The van der Waals surface area contributed by atoms with Gasteiger partial charge < -0.3 is 19.5 Å². The first-order valence-corrected chi connectivity index (χ1v) is 10.0. The van der Waals surface area contributed by atoms with Crippen LogP contribution in [0.15, 0.2) is 24.3 Å². The van der Waals surface area contributed by atoms with Gasteiger partial charge in [-0.1, -0.05) is 18.2 Å². The Morgan fingerprint density at radius 2 is 2.00 bits per heavy atom. The van der Waals surface area contributed by atoms with Gasteiger partial charge in [-0.05, 0) is 57.1 Å². The molecule has 0 radical (unpaired) electrons. The zero-order chi connectivity index (χ0) is 17.0. The SMILES string of the molecule is c1ccc2c(c1)OC1(CCC1)C[C@H]2NCCCOCC1CCOCC1. The third kappa shape index (κ3) is 4.18. The number of ether oxygens (including phenoxy) is 3. The van der Waals surface area contributed by atoms with E-state index in [2.05, 4.69) is 29.6 Å². The van der Waals surface area contributed by atoms with Crippen LogP contribution < -0.4 is 10.1 Å². The summed E-state index contributed by atoms with van der Waals surface area (Å²) in [5, 5.41) is 3.76. The van der Waals surface area contributed by atoms with Gasteiger partial charge in [0.15, 0.2) is 0 Å². The fraction of sp³-hybridized carbons (Fsp3) is 0.714. The number of rotatable bonds is 7. The molecule has 1 aromatic rings. The van der Waals surface area contributed by atoms with Crippen LogP contribution in [0.25, 0.3) is 0 Å². The maximum Gasteiger partial charge on any atom is 0.124 e. The summed E-state index contributed by atoms with van der Waals surface area (Å²) in [4.78, 5) is 0. The van der Waals surface area contributed by atoms with E-state index in [1.807, 2.05) is 0 Å². The molecule has 0 aromatic heterocycles. The summed E-state index contributed by atoms with van der Waals surface area (Å²) in [6, 6.07) is 8.95. The van der Waals surface area contributed by atoms with Crippen LogP contribution in [0, 0.1) is 5.92 Å². The lowest BCUT2D eigenvalue weighted by molar-refractivity contribution is -0.0371. The minimum Gasteiger partial charge on any atom is -0.487 e. The van der Waals surface area contributed by atoms with E-state index in [-0.39, 0.29) is 5.60 Å². The molecule has 2 heterocycles. The average Bonchev–Trinajstić information content (AvgIpc) is 2.64. The second kappa shape index (κ2) is 8.07. The molecule has 0 bridgehead atoms. The number of hydrogen-bond donors (Lipinski definition) is 1. The number of benzene rings is 1. The first-order valence-electron chi connectivity index (χ1n) is 10.0. The van der Waals surface area contributed by atoms with Crippen LogP contribution in [0.4, 0.5) is 0 Å². The van der Waals surface area contributed by atoms with Crippen molar-refractivity contribution in [2.75, 3.05) is 33.0 Å². The first kappa shape index (κ1) is 17.3.